The Labute approximate surface area is 82.9 Å². The van der Waals surface area contributed by atoms with Gasteiger partial charge >= 0.3 is 0 Å². The molecule has 3 heteroatoms. The molecule has 0 radical (unpaired) electrons. The lowest BCUT2D eigenvalue weighted by atomic mass is 9.98. The lowest BCUT2D eigenvalue weighted by molar-refractivity contribution is 0.226. The van der Waals surface area contributed by atoms with E-state index in [0.29, 0.717) is 5.75 Å². The molecule has 0 spiro atoms. The molecule has 1 aromatic carbocycles. The van der Waals surface area contributed by atoms with Crippen LogP contribution in [0.1, 0.15) is 13.8 Å². The maximum Gasteiger partial charge on any atom is 0.126 e. The van der Waals surface area contributed by atoms with Crippen molar-refractivity contribution in [3.63, 3.8) is 0 Å². The van der Waals surface area contributed by atoms with E-state index >= 15 is 0 Å². The Morgan fingerprint density at radius 3 is 2.79 bits per heavy atom. The fraction of sp³-hybridized carbons (Fsp3) is 0.364. The number of hydrogen-bond acceptors (Lipinski definition) is 2. The summed E-state index contributed by atoms with van der Waals surface area (Å²) in [7, 11) is 0. The van der Waals surface area contributed by atoms with Crippen molar-refractivity contribution in [1.29, 1.82) is 5.26 Å². The molecule has 1 aromatic rings. The van der Waals surface area contributed by atoms with Crippen molar-refractivity contribution in [3.8, 4) is 11.8 Å². The molecule has 0 aliphatic heterocycles. The van der Waals surface area contributed by atoms with E-state index in [1.807, 2.05) is 0 Å². The Bertz CT molecular complexity index is 355. The van der Waals surface area contributed by atoms with Crippen molar-refractivity contribution in [2.75, 3.05) is 6.61 Å². The highest BCUT2D eigenvalue weighted by Gasteiger charge is 2.17. The molecule has 74 valence electrons. The number of ether oxygens (including phenoxy) is 1. The van der Waals surface area contributed by atoms with Crippen LogP contribution in [0.4, 0.5) is 4.39 Å². The smallest absolute Gasteiger partial charge is 0.126 e. The van der Waals surface area contributed by atoms with E-state index in [2.05, 4.69) is 6.07 Å². The lowest BCUT2D eigenvalue weighted by Crippen LogP contribution is -2.18. The van der Waals surface area contributed by atoms with Gasteiger partial charge < -0.3 is 4.74 Å². The van der Waals surface area contributed by atoms with Crippen molar-refractivity contribution in [2.45, 2.75) is 13.8 Å². The third-order valence-electron chi connectivity index (χ3n) is 1.70. The van der Waals surface area contributed by atoms with E-state index in [9.17, 15) is 4.39 Å². The van der Waals surface area contributed by atoms with Crippen LogP contribution in [0.25, 0.3) is 0 Å². The van der Waals surface area contributed by atoms with E-state index < -0.39 is 5.41 Å². The van der Waals surface area contributed by atoms with Crippen LogP contribution in [-0.4, -0.2) is 6.61 Å². The molecule has 0 aliphatic carbocycles. The van der Waals surface area contributed by atoms with Crippen molar-refractivity contribution in [1.82, 2.24) is 0 Å². The first kappa shape index (κ1) is 10.5. The Morgan fingerprint density at radius 1 is 1.50 bits per heavy atom. The van der Waals surface area contributed by atoms with Gasteiger partial charge in [-0.25, -0.2) is 4.39 Å². The minimum atomic E-state index is -0.549. The van der Waals surface area contributed by atoms with Crippen LogP contribution in [0, 0.1) is 22.6 Å². The van der Waals surface area contributed by atoms with Gasteiger partial charge in [-0.3, -0.25) is 0 Å². The van der Waals surface area contributed by atoms with Crippen LogP contribution in [0.2, 0.25) is 0 Å². The Morgan fingerprint density at radius 2 is 2.21 bits per heavy atom. The third-order valence-corrected chi connectivity index (χ3v) is 1.70. The molecule has 0 unspecified atom stereocenters. The summed E-state index contributed by atoms with van der Waals surface area (Å²) in [5, 5.41) is 8.72. The van der Waals surface area contributed by atoms with Gasteiger partial charge in [0.15, 0.2) is 0 Å². The van der Waals surface area contributed by atoms with Crippen LogP contribution in [0.5, 0.6) is 5.75 Å². The van der Waals surface area contributed by atoms with Gasteiger partial charge in [-0.1, -0.05) is 6.07 Å². The molecule has 0 saturated carbocycles. The van der Waals surface area contributed by atoms with Crippen LogP contribution in [-0.2, 0) is 0 Å². The van der Waals surface area contributed by atoms with Gasteiger partial charge in [0.05, 0.1) is 11.5 Å². The van der Waals surface area contributed by atoms with Gasteiger partial charge in [-0.15, -0.1) is 0 Å². The summed E-state index contributed by atoms with van der Waals surface area (Å²) in [6.07, 6.45) is 0. The first-order chi connectivity index (χ1) is 6.53. The lowest BCUT2D eigenvalue weighted by Gasteiger charge is -2.15. The fourth-order valence-electron chi connectivity index (χ4n) is 0.853. The predicted molar refractivity (Wildman–Crippen MR) is 51.3 cm³/mol. The number of nitrogens with zero attached hydrogens (tertiary/aromatic N) is 1. The third kappa shape index (κ3) is 3.06. The van der Waals surface area contributed by atoms with Gasteiger partial charge in [0, 0.05) is 6.07 Å². The Balaban J connectivity index is 2.59. The molecular weight excluding hydrogens is 181 g/mol. The Hall–Kier alpha value is -1.56. The average molecular weight is 193 g/mol. The van der Waals surface area contributed by atoms with Crippen LogP contribution >= 0.6 is 0 Å². The minimum absolute atomic E-state index is 0.257. The van der Waals surface area contributed by atoms with Crippen molar-refractivity contribution < 1.29 is 9.13 Å². The SMILES string of the molecule is CC(C)(C#N)COc1cccc(F)c1. The van der Waals surface area contributed by atoms with Gasteiger partial charge in [-0.05, 0) is 26.0 Å². The molecule has 0 amide bonds. The highest BCUT2D eigenvalue weighted by Crippen LogP contribution is 2.18. The summed E-state index contributed by atoms with van der Waals surface area (Å²) in [5.74, 6) is 0.116. The fourth-order valence-corrected chi connectivity index (χ4v) is 0.853. The zero-order chi connectivity index (χ0) is 10.6. The van der Waals surface area contributed by atoms with E-state index in [1.54, 1.807) is 26.0 Å². The molecule has 0 fully saturated rings. The standard InChI is InChI=1S/C11H12FNO/c1-11(2,7-13)8-14-10-5-3-4-9(12)6-10/h3-6H,8H2,1-2H3. The monoisotopic (exact) mass is 193 g/mol. The molecule has 2 nitrogen and oxygen atoms in total. The second kappa shape index (κ2) is 4.10. The average Bonchev–Trinajstić information content (AvgIpc) is 2.15. The highest BCUT2D eigenvalue weighted by molar-refractivity contribution is 5.22. The molecule has 0 aromatic heterocycles. The molecule has 0 atom stereocenters. The van der Waals surface area contributed by atoms with E-state index in [-0.39, 0.29) is 12.4 Å². The quantitative estimate of drug-likeness (QED) is 0.739. The maximum atomic E-state index is 12.7. The number of hydrogen-bond donors (Lipinski definition) is 0. The molecule has 0 bridgehead atoms. The van der Waals surface area contributed by atoms with Crippen molar-refractivity contribution in [3.05, 3.63) is 30.1 Å². The zero-order valence-corrected chi connectivity index (χ0v) is 8.25. The molecule has 14 heavy (non-hydrogen) atoms. The summed E-state index contributed by atoms with van der Waals surface area (Å²) >= 11 is 0. The van der Waals surface area contributed by atoms with Crippen LogP contribution < -0.4 is 4.74 Å². The van der Waals surface area contributed by atoms with E-state index in [4.69, 9.17) is 10.00 Å². The molecule has 0 N–H and O–H groups in total. The molecule has 0 heterocycles. The summed E-state index contributed by atoms with van der Waals surface area (Å²) in [6, 6.07) is 7.99. The van der Waals surface area contributed by atoms with Crippen molar-refractivity contribution >= 4 is 0 Å². The number of rotatable bonds is 3. The molecule has 1 rings (SSSR count). The second-order valence-electron chi connectivity index (χ2n) is 3.74. The first-order valence-corrected chi connectivity index (χ1v) is 4.33. The molecular formula is C11H12FNO. The maximum absolute atomic E-state index is 12.7. The van der Waals surface area contributed by atoms with Gasteiger partial charge in [0.25, 0.3) is 0 Å². The van der Waals surface area contributed by atoms with Crippen molar-refractivity contribution in [2.24, 2.45) is 5.41 Å². The summed E-state index contributed by atoms with van der Waals surface area (Å²) in [5.41, 5.74) is -0.549. The number of nitriles is 1. The van der Waals surface area contributed by atoms with Gasteiger partial charge in [0.2, 0.25) is 0 Å². The zero-order valence-electron chi connectivity index (χ0n) is 8.25. The summed E-state index contributed by atoms with van der Waals surface area (Å²) in [4.78, 5) is 0. The van der Waals surface area contributed by atoms with E-state index in [0.717, 1.165) is 0 Å². The predicted octanol–water partition coefficient (Wildman–Crippen LogP) is 2.75. The summed E-state index contributed by atoms with van der Waals surface area (Å²) < 4.78 is 18.0. The molecule has 0 saturated heterocycles. The number of halogens is 1. The Kier molecular flexibility index (Phi) is 3.08. The topological polar surface area (TPSA) is 33.0 Å². The first-order valence-electron chi connectivity index (χ1n) is 4.33. The van der Waals surface area contributed by atoms with Gasteiger partial charge in [-0.2, -0.15) is 5.26 Å². The summed E-state index contributed by atoms with van der Waals surface area (Å²) in [6.45, 7) is 3.80. The second-order valence-corrected chi connectivity index (χ2v) is 3.74. The van der Waals surface area contributed by atoms with Gasteiger partial charge in [0.1, 0.15) is 18.2 Å². The number of benzene rings is 1. The minimum Gasteiger partial charge on any atom is -0.492 e. The molecule has 0 aliphatic rings. The highest BCUT2D eigenvalue weighted by atomic mass is 19.1. The van der Waals surface area contributed by atoms with E-state index in [1.165, 1.54) is 12.1 Å². The van der Waals surface area contributed by atoms with Crippen LogP contribution in [0.15, 0.2) is 24.3 Å². The normalized spacial score (nSPS) is 10.7. The van der Waals surface area contributed by atoms with Crippen LogP contribution in [0.3, 0.4) is 0 Å². The largest absolute Gasteiger partial charge is 0.492 e.